The van der Waals surface area contributed by atoms with E-state index in [2.05, 4.69) is 101 Å². The van der Waals surface area contributed by atoms with E-state index < -0.39 is 0 Å². The molecule has 0 radical (unpaired) electrons. The predicted octanol–water partition coefficient (Wildman–Crippen LogP) is 6.46. The van der Waals surface area contributed by atoms with Crippen LogP contribution in [-0.4, -0.2) is 11.9 Å². The Bertz CT molecular complexity index is 693. The monoisotopic (exact) mass is 357 g/mol. The zero-order chi connectivity index (χ0) is 17.7. The molecule has 0 aromatic heterocycles. The summed E-state index contributed by atoms with van der Waals surface area (Å²) in [6.45, 7) is 13.0. The second-order valence-electron chi connectivity index (χ2n) is 7.79. The van der Waals surface area contributed by atoms with Crippen LogP contribution in [-0.2, 0) is 18.5 Å². The minimum atomic E-state index is 0. The summed E-state index contributed by atoms with van der Waals surface area (Å²) in [7, 11) is 2.19. The van der Waals surface area contributed by atoms with Crippen LogP contribution in [0, 0.1) is 0 Å². The van der Waals surface area contributed by atoms with Gasteiger partial charge < -0.3 is 0 Å². The minimum absolute atomic E-state index is 0. The Hall–Kier alpha value is -1.57. The Balaban J connectivity index is 0.00000312. The molecular formula is C23H32ClN. The van der Waals surface area contributed by atoms with Crippen molar-refractivity contribution in [1.29, 1.82) is 0 Å². The van der Waals surface area contributed by atoms with Crippen LogP contribution in [0.2, 0.25) is 0 Å². The van der Waals surface area contributed by atoms with Crippen LogP contribution >= 0.6 is 12.4 Å². The molecule has 0 amide bonds. The van der Waals surface area contributed by atoms with Crippen molar-refractivity contribution in [3.8, 4) is 0 Å². The summed E-state index contributed by atoms with van der Waals surface area (Å²) in [5.74, 6) is 0. The molecule has 0 atom stereocenters. The largest absolute Gasteiger partial charge is 0.298 e. The topological polar surface area (TPSA) is 3.24 Å². The molecule has 0 aliphatic carbocycles. The van der Waals surface area contributed by atoms with Crippen LogP contribution in [0.4, 0.5) is 0 Å². The smallest absolute Gasteiger partial charge is 0.0234 e. The third-order valence-electron chi connectivity index (χ3n) is 4.54. The van der Waals surface area contributed by atoms with Crippen LogP contribution in [0.1, 0.15) is 56.9 Å². The number of allylic oxidation sites excluding steroid dienone is 2. The van der Waals surface area contributed by atoms with Gasteiger partial charge in [-0.05, 0) is 54.1 Å². The molecule has 2 rings (SSSR count). The van der Waals surface area contributed by atoms with Crippen LogP contribution in [0.3, 0.4) is 0 Å². The van der Waals surface area contributed by atoms with Crippen LogP contribution in [0.5, 0.6) is 0 Å². The third kappa shape index (κ3) is 6.34. The average Bonchev–Trinajstić information content (AvgIpc) is 2.54. The highest BCUT2D eigenvalue weighted by Gasteiger charge is 2.13. The van der Waals surface area contributed by atoms with Crippen molar-refractivity contribution in [2.45, 2.75) is 53.1 Å². The predicted molar refractivity (Wildman–Crippen MR) is 113 cm³/mol. The summed E-state index contributed by atoms with van der Waals surface area (Å²) < 4.78 is 0. The van der Waals surface area contributed by atoms with Gasteiger partial charge in [-0.25, -0.2) is 0 Å². The summed E-state index contributed by atoms with van der Waals surface area (Å²) in [6, 6.07) is 17.9. The van der Waals surface area contributed by atoms with Crippen LogP contribution in [0.15, 0.2) is 54.6 Å². The quantitative estimate of drug-likeness (QED) is 0.593. The van der Waals surface area contributed by atoms with Gasteiger partial charge in [-0.2, -0.15) is 0 Å². The molecule has 0 aliphatic rings. The lowest BCUT2D eigenvalue weighted by atomic mass is 9.87. The van der Waals surface area contributed by atoms with Crippen molar-refractivity contribution in [1.82, 2.24) is 4.90 Å². The first-order valence-electron chi connectivity index (χ1n) is 8.80. The van der Waals surface area contributed by atoms with Crippen molar-refractivity contribution in [3.63, 3.8) is 0 Å². The molecular weight excluding hydrogens is 326 g/mol. The van der Waals surface area contributed by atoms with Gasteiger partial charge in [0, 0.05) is 13.1 Å². The normalized spacial score (nSPS) is 12.2. The lowest BCUT2D eigenvalue weighted by molar-refractivity contribution is 0.319. The van der Waals surface area contributed by atoms with Gasteiger partial charge >= 0.3 is 0 Å². The van der Waals surface area contributed by atoms with Gasteiger partial charge in [-0.15, -0.1) is 12.4 Å². The highest BCUT2D eigenvalue weighted by atomic mass is 35.5. The first-order chi connectivity index (χ1) is 11.3. The number of benzene rings is 2. The number of hydrogen-bond donors (Lipinski definition) is 0. The molecule has 0 saturated heterocycles. The molecule has 0 saturated carbocycles. The van der Waals surface area contributed by atoms with E-state index in [0.717, 1.165) is 13.1 Å². The van der Waals surface area contributed by atoms with E-state index in [4.69, 9.17) is 0 Å². The maximum Gasteiger partial charge on any atom is 0.0234 e. The Morgan fingerprint density at radius 3 is 2.12 bits per heavy atom. The molecule has 25 heavy (non-hydrogen) atoms. The van der Waals surface area contributed by atoms with E-state index in [9.17, 15) is 0 Å². The standard InChI is InChI=1S/C23H31N.ClH/c1-7-18(2)21-10-8-9-20(15-21)17-24(6)16-19-11-13-22(14-12-19)23(3,4)5;/h7-15H,16-17H2,1-6H3;1H. The van der Waals surface area contributed by atoms with Crippen molar-refractivity contribution in [2.75, 3.05) is 7.05 Å². The fourth-order valence-electron chi connectivity index (χ4n) is 2.87. The summed E-state index contributed by atoms with van der Waals surface area (Å²) in [5, 5.41) is 0. The molecule has 136 valence electrons. The first-order valence-corrected chi connectivity index (χ1v) is 8.80. The van der Waals surface area contributed by atoms with E-state index >= 15 is 0 Å². The summed E-state index contributed by atoms with van der Waals surface area (Å²) >= 11 is 0. The van der Waals surface area contributed by atoms with E-state index in [1.54, 1.807) is 0 Å². The lowest BCUT2D eigenvalue weighted by Crippen LogP contribution is -2.17. The second-order valence-corrected chi connectivity index (χ2v) is 7.79. The maximum atomic E-state index is 2.37. The van der Waals surface area contributed by atoms with E-state index in [1.165, 1.54) is 27.8 Å². The van der Waals surface area contributed by atoms with Gasteiger partial charge in [0.1, 0.15) is 0 Å². The number of hydrogen-bond acceptors (Lipinski definition) is 1. The van der Waals surface area contributed by atoms with E-state index in [1.807, 2.05) is 0 Å². The Labute approximate surface area is 160 Å². The Morgan fingerprint density at radius 2 is 1.56 bits per heavy atom. The molecule has 0 bridgehead atoms. The number of nitrogens with zero attached hydrogens (tertiary/aromatic N) is 1. The molecule has 2 aromatic carbocycles. The van der Waals surface area contributed by atoms with Gasteiger partial charge in [0.2, 0.25) is 0 Å². The maximum absolute atomic E-state index is 2.37. The van der Waals surface area contributed by atoms with Gasteiger partial charge in [0.15, 0.2) is 0 Å². The highest BCUT2D eigenvalue weighted by Crippen LogP contribution is 2.22. The number of rotatable bonds is 5. The molecule has 0 fully saturated rings. The third-order valence-corrected chi connectivity index (χ3v) is 4.54. The minimum Gasteiger partial charge on any atom is -0.298 e. The Kier molecular flexibility index (Phi) is 7.92. The summed E-state index contributed by atoms with van der Waals surface area (Å²) in [4.78, 5) is 2.37. The van der Waals surface area contributed by atoms with Gasteiger partial charge in [0.05, 0.1) is 0 Å². The summed E-state index contributed by atoms with van der Waals surface area (Å²) in [6.07, 6.45) is 2.17. The van der Waals surface area contributed by atoms with E-state index in [-0.39, 0.29) is 17.8 Å². The van der Waals surface area contributed by atoms with Crippen molar-refractivity contribution >= 4 is 18.0 Å². The first kappa shape index (κ1) is 21.5. The molecule has 0 unspecified atom stereocenters. The van der Waals surface area contributed by atoms with Crippen LogP contribution < -0.4 is 0 Å². The molecule has 2 heteroatoms. The zero-order valence-electron chi connectivity index (χ0n) is 16.5. The molecule has 1 nitrogen and oxygen atoms in total. The molecule has 0 heterocycles. The molecule has 0 aliphatic heterocycles. The Morgan fingerprint density at radius 1 is 0.960 bits per heavy atom. The molecule has 2 aromatic rings. The van der Waals surface area contributed by atoms with Crippen molar-refractivity contribution < 1.29 is 0 Å². The number of halogens is 1. The SMILES string of the molecule is CC=C(C)c1cccc(CN(C)Cc2ccc(C(C)(C)C)cc2)c1.Cl. The molecule has 0 N–H and O–H groups in total. The second kappa shape index (κ2) is 9.22. The van der Waals surface area contributed by atoms with Gasteiger partial charge in [-0.1, -0.05) is 75.4 Å². The van der Waals surface area contributed by atoms with Crippen LogP contribution in [0.25, 0.3) is 5.57 Å². The summed E-state index contributed by atoms with van der Waals surface area (Å²) in [5.41, 5.74) is 6.99. The average molecular weight is 358 g/mol. The highest BCUT2D eigenvalue weighted by molar-refractivity contribution is 5.85. The van der Waals surface area contributed by atoms with E-state index in [0.29, 0.717) is 0 Å². The lowest BCUT2D eigenvalue weighted by Gasteiger charge is -2.21. The fraction of sp³-hybridized carbons (Fsp3) is 0.391. The fourth-order valence-corrected chi connectivity index (χ4v) is 2.87. The molecule has 0 spiro atoms. The zero-order valence-corrected chi connectivity index (χ0v) is 17.3. The van der Waals surface area contributed by atoms with Gasteiger partial charge in [-0.3, -0.25) is 4.90 Å². The van der Waals surface area contributed by atoms with Gasteiger partial charge in [0.25, 0.3) is 0 Å². The van der Waals surface area contributed by atoms with Crippen molar-refractivity contribution in [3.05, 3.63) is 76.9 Å². The van der Waals surface area contributed by atoms with Crippen molar-refractivity contribution in [2.24, 2.45) is 0 Å².